The fraction of sp³-hybridized carbons (Fsp3) is 0.700. The highest BCUT2D eigenvalue weighted by Crippen LogP contribution is 2.07. The Morgan fingerprint density at radius 2 is 2.07 bits per heavy atom. The second-order valence-electron chi connectivity index (χ2n) is 3.76. The van der Waals surface area contributed by atoms with Crippen LogP contribution in [0, 0.1) is 0 Å². The van der Waals surface area contributed by atoms with Gasteiger partial charge in [-0.1, -0.05) is 11.3 Å². The Balaban J connectivity index is 1.72. The van der Waals surface area contributed by atoms with Crippen LogP contribution in [0.3, 0.4) is 0 Å². The molecule has 0 N–H and O–H groups in total. The maximum absolute atomic E-state index is 11.2. The summed E-state index contributed by atoms with van der Waals surface area (Å²) in [5.41, 5.74) is 0. The molecule has 3 nitrogen and oxygen atoms in total. The topological polar surface area (TPSA) is 25.2 Å². The Morgan fingerprint density at radius 1 is 1.29 bits per heavy atom. The van der Waals surface area contributed by atoms with Gasteiger partial charge >= 0.3 is 4.87 Å². The van der Waals surface area contributed by atoms with Crippen LogP contribution in [0.2, 0.25) is 0 Å². The van der Waals surface area contributed by atoms with E-state index < -0.39 is 0 Å². The summed E-state index contributed by atoms with van der Waals surface area (Å²) >= 11 is 1.28. The van der Waals surface area contributed by atoms with Crippen LogP contribution in [-0.2, 0) is 6.54 Å². The molecule has 14 heavy (non-hydrogen) atoms. The van der Waals surface area contributed by atoms with Gasteiger partial charge in [0.1, 0.15) is 0 Å². The highest BCUT2D eigenvalue weighted by Gasteiger charge is 2.10. The minimum atomic E-state index is 0.173. The van der Waals surface area contributed by atoms with E-state index in [-0.39, 0.29) is 4.87 Å². The summed E-state index contributed by atoms with van der Waals surface area (Å²) in [5.74, 6) is 0. The molecule has 0 bridgehead atoms. The summed E-state index contributed by atoms with van der Waals surface area (Å²) in [6.45, 7) is 4.51. The van der Waals surface area contributed by atoms with Gasteiger partial charge in [0.05, 0.1) is 0 Å². The van der Waals surface area contributed by atoms with Gasteiger partial charge in [0, 0.05) is 18.1 Å². The molecule has 0 radical (unpaired) electrons. The molecule has 0 aromatic carbocycles. The summed E-state index contributed by atoms with van der Waals surface area (Å²) in [5, 5.41) is 1.86. The Morgan fingerprint density at radius 3 is 2.71 bits per heavy atom. The van der Waals surface area contributed by atoms with E-state index >= 15 is 0 Å². The molecule has 2 rings (SSSR count). The summed E-state index contributed by atoms with van der Waals surface area (Å²) in [7, 11) is 0. The quantitative estimate of drug-likeness (QED) is 0.753. The van der Waals surface area contributed by atoms with E-state index in [0.717, 1.165) is 19.5 Å². The summed E-state index contributed by atoms with van der Waals surface area (Å²) < 4.78 is 1.81. The van der Waals surface area contributed by atoms with Crippen LogP contribution in [0.15, 0.2) is 16.4 Å². The smallest absolute Gasteiger partial charge is 0.306 e. The van der Waals surface area contributed by atoms with Gasteiger partial charge in [0.15, 0.2) is 0 Å². The zero-order chi connectivity index (χ0) is 9.80. The van der Waals surface area contributed by atoms with Crippen molar-refractivity contribution in [2.24, 2.45) is 0 Å². The number of nitrogens with zero attached hydrogens (tertiary/aromatic N) is 2. The fourth-order valence-electron chi connectivity index (χ4n) is 1.93. The standard InChI is InChI=1S/C10H16N2OS/c13-10-12(8-9-14-10)7-3-6-11-4-1-2-5-11/h8-9H,1-7H2. The van der Waals surface area contributed by atoms with Crippen molar-refractivity contribution in [3.8, 4) is 0 Å². The molecule has 1 fully saturated rings. The van der Waals surface area contributed by atoms with Crippen molar-refractivity contribution < 1.29 is 0 Å². The largest absolute Gasteiger partial charge is 0.307 e. The second-order valence-corrected chi connectivity index (χ2v) is 4.62. The summed E-state index contributed by atoms with van der Waals surface area (Å²) in [6.07, 6.45) is 5.67. The number of hydrogen-bond donors (Lipinski definition) is 0. The Labute approximate surface area is 88.0 Å². The summed E-state index contributed by atoms with van der Waals surface area (Å²) in [4.78, 5) is 13.9. The van der Waals surface area contributed by atoms with Crippen molar-refractivity contribution in [1.29, 1.82) is 0 Å². The zero-order valence-electron chi connectivity index (χ0n) is 8.32. The molecule has 4 heteroatoms. The molecule has 1 aromatic heterocycles. The van der Waals surface area contributed by atoms with E-state index in [1.54, 1.807) is 4.57 Å². The first-order chi connectivity index (χ1) is 6.86. The van der Waals surface area contributed by atoms with Crippen LogP contribution < -0.4 is 4.87 Å². The molecular formula is C10H16N2OS. The molecule has 1 aliphatic rings. The van der Waals surface area contributed by atoms with Crippen molar-refractivity contribution in [1.82, 2.24) is 9.47 Å². The van der Waals surface area contributed by atoms with Crippen molar-refractivity contribution in [3.63, 3.8) is 0 Å². The van der Waals surface area contributed by atoms with Crippen molar-refractivity contribution in [3.05, 3.63) is 21.2 Å². The van der Waals surface area contributed by atoms with Gasteiger partial charge in [-0.05, 0) is 38.9 Å². The molecule has 0 spiro atoms. The van der Waals surface area contributed by atoms with Crippen LogP contribution in [0.4, 0.5) is 0 Å². The van der Waals surface area contributed by atoms with Crippen molar-refractivity contribution >= 4 is 11.3 Å². The minimum Gasteiger partial charge on any atom is -0.306 e. The molecule has 1 aliphatic heterocycles. The third kappa shape index (κ3) is 2.45. The van der Waals surface area contributed by atoms with Gasteiger partial charge in [0.25, 0.3) is 0 Å². The second kappa shape index (κ2) is 4.75. The molecule has 78 valence electrons. The van der Waals surface area contributed by atoms with Crippen molar-refractivity contribution in [2.75, 3.05) is 19.6 Å². The Hall–Kier alpha value is -0.610. The first-order valence-electron chi connectivity index (χ1n) is 5.22. The molecular weight excluding hydrogens is 196 g/mol. The number of aryl methyl sites for hydroxylation is 1. The Kier molecular flexibility index (Phi) is 3.37. The molecule has 0 amide bonds. The SMILES string of the molecule is O=c1sccn1CCCN1CCCC1. The molecule has 1 saturated heterocycles. The highest BCUT2D eigenvalue weighted by molar-refractivity contribution is 7.07. The Bertz CT molecular complexity index is 325. The number of aromatic nitrogens is 1. The van der Waals surface area contributed by atoms with E-state index in [1.165, 1.54) is 37.3 Å². The van der Waals surface area contributed by atoms with Gasteiger partial charge in [-0.25, -0.2) is 0 Å². The lowest BCUT2D eigenvalue weighted by molar-refractivity contribution is 0.325. The lowest BCUT2D eigenvalue weighted by atomic mass is 10.4. The average Bonchev–Trinajstić information content (AvgIpc) is 2.78. The molecule has 0 saturated carbocycles. The van der Waals surface area contributed by atoms with Crippen LogP contribution in [0.5, 0.6) is 0 Å². The van der Waals surface area contributed by atoms with Gasteiger partial charge in [-0.15, -0.1) is 0 Å². The van der Waals surface area contributed by atoms with Crippen LogP contribution in [0.1, 0.15) is 19.3 Å². The number of thiazole rings is 1. The van der Waals surface area contributed by atoms with E-state index in [2.05, 4.69) is 4.90 Å². The predicted molar refractivity (Wildman–Crippen MR) is 58.9 cm³/mol. The first kappa shape index (κ1) is 9.93. The van der Waals surface area contributed by atoms with E-state index in [4.69, 9.17) is 0 Å². The maximum atomic E-state index is 11.2. The molecule has 0 aliphatic carbocycles. The van der Waals surface area contributed by atoms with E-state index in [1.807, 2.05) is 11.6 Å². The zero-order valence-corrected chi connectivity index (χ0v) is 9.13. The number of rotatable bonds is 4. The maximum Gasteiger partial charge on any atom is 0.307 e. The number of likely N-dealkylation sites (tertiary alicyclic amines) is 1. The lowest BCUT2D eigenvalue weighted by Gasteiger charge is -2.13. The van der Waals surface area contributed by atoms with Crippen LogP contribution in [0.25, 0.3) is 0 Å². The monoisotopic (exact) mass is 212 g/mol. The van der Waals surface area contributed by atoms with E-state index in [9.17, 15) is 4.79 Å². The third-order valence-electron chi connectivity index (χ3n) is 2.72. The molecule has 2 heterocycles. The predicted octanol–water partition coefficient (Wildman–Crippen LogP) is 1.40. The lowest BCUT2D eigenvalue weighted by Crippen LogP contribution is -2.22. The highest BCUT2D eigenvalue weighted by atomic mass is 32.1. The molecule has 0 unspecified atom stereocenters. The third-order valence-corrected chi connectivity index (χ3v) is 3.41. The van der Waals surface area contributed by atoms with Crippen molar-refractivity contribution in [2.45, 2.75) is 25.8 Å². The minimum absolute atomic E-state index is 0.173. The van der Waals surface area contributed by atoms with Gasteiger partial charge in [0.2, 0.25) is 0 Å². The fourth-order valence-corrected chi connectivity index (χ4v) is 2.54. The van der Waals surface area contributed by atoms with Gasteiger partial charge in [-0.3, -0.25) is 4.79 Å². The summed E-state index contributed by atoms with van der Waals surface area (Å²) in [6, 6.07) is 0. The van der Waals surface area contributed by atoms with Gasteiger partial charge < -0.3 is 9.47 Å². The first-order valence-corrected chi connectivity index (χ1v) is 6.10. The van der Waals surface area contributed by atoms with Crippen LogP contribution >= 0.6 is 11.3 Å². The van der Waals surface area contributed by atoms with Crippen LogP contribution in [-0.4, -0.2) is 29.1 Å². The van der Waals surface area contributed by atoms with E-state index in [0.29, 0.717) is 0 Å². The average molecular weight is 212 g/mol. The van der Waals surface area contributed by atoms with Gasteiger partial charge in [-0.2, -0.15) is 0 Å². The molecule has 0 atom stereocenters. The normalized spacial score (nSPS) is 17.7. The molecule has 1 aromatic rings. The number of hydrogen-bond acceptors (Lipinski definition) is 3.